The van der Waals surface area contributed by atoms with E-state index >= 15 is 0 Å². The molecule has 1 N–H and O–H groups in total. The van der Waals surface area contributed by atoms with Crippen molar-refractivity contribution in [1.82, 2.24) is 19.6 Å². The number of hydrogen-bond donors (Lipinski definition) is 1. The van der Waals surface area contributed by atoms with E-state index in [1.54, 1.807) is 7.11 Å². The van der Waals surface area contributed by atoms with Crippen LogP contribution in [0.5, 0.6) is 0 Å². The van der Waals surface area contributed by atoms with Gasteiger partial charge in [-0.1, -0.05) is 19.9 Å². The van der Waals surface area contributed by atoms with E-state index in [1.165, 1.54) is 13.1 Å². The Hall–Kier alpha value is -1.92. The van der Waals surface area contributed by atoms with Crippen LogP contribution in [-0.4, -0.2) is 60.1 Å². The van der Waals surface area contributed by atoms with Crippen LogP contribution in [-0.2, 0) is 4.74 Å². The van der Waals surface area contributed by atoms with Crippen molar-refractivity contribution in [3.05, 3.63) is 35.9 Å². The Labute approximate surface area is 160 Å². The van der Waals surface area contributed by atoms with Gasteiger partial charge < -0.3 is 15.0 Å². The zero-order valence-corrected chi connectivity index (χ0v) is 16.5. The van der Waals surface area contributed by atoms with Crippen LogP contribution in [0.25, 0.3) is 5.52 Å². The molecule has 1 amide bonds. The van der Waals surface area contributed by atoms with E-state index in [1.807, 2.05) is 28.8 Å². The number of nitrogens with one attached hydrogen (secondary N) is 1. The molecule has 2 aliphatic rings. The number of ether oxygens (including phenoxy) is 1. The summed E-state index contributed by atoms with van der Waals surface area (Å²) in [7, 11) is 1.76. The van der Waals surface area contributed by atoms with Crippen molar-refractivity contribution in [3.8, 4) is 0 Å². The van der Waals surface area contributed by atoms with Crippen LogP contribution in [0, 0.1) is 17.8 Å². The van der Waals surface area contributed by atoms with Crippen molar-refractivity contribution in [3.63, 3.8) is 0 Å². The summed E-state index contributed by atoms with van der Waals surface area (Å²) in [6.07, 6.45) is 3.02. The van der Waals surface area contributed by atoms with Gasteiger partial charge in [0.2, 0.25) is 5.82 Å². The number of rotatable bonds is 8. The van der Waals surface area contributed by atoms with E-state index in [0.717, 1.165) is 49.2 Å². The van der Waals surface area contributed by atoms with Gasteiger partial charge in [0, 0.05) is 46.1 Å². The van der Waals surface area contributed by atoms with Crippen LogP contribution < -0.4 is 5.32 Å². The number of piperidine rings is 1. The molecule has 6 nitrogen and oxygen atoms in total. The largest absolute Gasteiger partial charge is 0.385 e. The maximum atomic E-state index is 12.8. The van der Waals surface area contributed by atoms with Crippen LogP contribution in [0.2, 0.25) is 0 Å². The van der Waals surface area contributed by atoms with Crippen molar-refractivity contribution in [2.75, 3.05) is 39.9 Å². The molecule has 2 fully saturated rings. The van der Waals surface area contributed by atoms with Gasteiger partial charge in [-0.05, 0) is 42.2 Å². The van der Waals surface area contributed by atoms with Crippen molar-refractivity contribution in [2.45, 2.75) is 26.2 Å². The van der Waals surface area contributed by atoms with Crippen molar-refractivity contribution in [1.29, 1.82) is 0 Å². The lowest BCUT2D eigenvalue weighted by Gasteiger charge is -2.19. The third-order valence-corrected chi connectivity index (χ3v) is 6.09. The first-order chi connectivity index (χ1) is 13.1. The molecule has 0 radical (unpaired) electrons. The molecule has 1 aliphatic heterocycles. The molecular formula is C21H30N4O2. The number of carbonyl (C=O) groups is 1. The molecule has 2 unspecified atom stereocenters. The highest BCUT2D eigenvalue weighted by Crippen LogP contribution is 2.51. The molecule has 6 heteroatoms. The van der Waals surface area contributed by atoms with Crippen LogP contribution in [0.1, 0.15) is 42.5 Å². The molecule has 0 bridgehead atoms. The molecule has 1 aliphatic carbocycles. The number of fused-ring (bicyclic) bond motifs is 2. The second-order valence-corrected chi connectivity index (χ2v) is 8.24. The first kappa shape index (κ1) is 18.4. The molecule has 1 saturated heterocycles. The maximum Gasteiger partial charge on any atom is 0.287 e. The van der Waals surface area contributed by atoms with Crippen LogP contribution in [0.4, 0.5) is 0 Å². The predicted octanol–water partition coefficient (Wildman–Crippen LogP) is 2.40. The smallest absolute Gasteiger partial charge is 0.287 e. The second-order valence-electron chi connectivity index (χ2n) is 8.24. The molecule has 0 spiro atoms. The molecule has 3 heterocycles. The fourth-order valence-corrected chi connectivity index (χ4v) is 4.59. The Morgan fingerprint density at radius 2 is 2.11 bits per heavy atom. The Balaban J connectivity index is 1.32. The predicted molar refractivity (Wildman–Crippen MR) is 105 cm³/mol. The molecule has 1 saturated carbocycles. The summed E-state index contributed by atoms with van der Waals surface area (Å²) in [5, 5.41) is 3.14. The lowest BCUT2D eigenvalue weighted by molar-refractivity contribution is 0.0938. The molecule has 2 atom stereocenters. The minimum absolute atomic E-state index is 0.0648. The van der Waals surface area contributed by atoms with Crippen molar-refractivity contribution >= 4 is 11.4 Å². The van der Waals surface area contributed by atoms with Gasteiger partial charge in [0.25, 0.3) is 5.91 Å². The van der Waals surface area contributed by atoms with Crippen molar-refractivity contribution < 1.29 is 9.53 Å². The standard InChI is InChI=1S/C21H30N4O2/c1-14(2)19-18-7-4-5-9-25(18)20(23-19)21(26)22-11-15-16-12-24(13-17(15)16)8-6-10-27-3/h4-5,7,9,14-17H,6,8,10-13H2,1-3H3,(H,22,26). The molecule has 4 rings (SSSR count). The second kappa shape index (κ2) is 7.60. The maximum absolute atomic E-state index is 12.8. The van der Waals surface area contributed by atoms with Crippen LogP contribution in [0.15, 0.2) is 24.4 Å². The molecular weight excluding hydrogens is 340 g/mol. The molecule has 2 aromatic heterocycles. The first-order valence-corrected chi connectivity index (χ1v) is 10.1. The first-order valence-electron chi connectivity index (χ1n) is 10.1. The zero-order valence-electron chi connectivity index (χ0n) is 16.5. The summed E-state index contributed by atoms with van der Waals surface area (Å²) in [5.74, 6) is 2.85. The SMILES string of the molecule is COCCCN1CC2C(CNC(=O)c3nc(C(C)C)c4ccccn34)C2C1. The lowest BCUT2D eigenvalue weighted by atomic mass is 10.1. The Morgan fingerprint density at radius 1 is 1.33 bits per heavy atom. The van der Waals surface area contributed by atoms with Gasteiger partial charge in [0.15, 0.2) is 0 Å². The third kappa shape index (κ3) is 3.60. The number of likely N-dealkylation sites (tertiary alicyclic amines) is 1. The molecule has 27 heavy (non-hydrogen) atoms. The van der Waals surface area contributed by atoms with Crippen molar-refractivity contribution in [2.24, 2.45) is 17.8 Å². The average Bonchev–Trinajstić information content (AvgIpc) is 3.00. The molecule has 146 valence electrons. The summed E-state index contributed by atoms with van der Waals surface area (Å²) in [6, 6.07) is 5.97. The highest BCUT2D eigenvalue weighted by atomic mass is 16.5. The Kier molecular flexibility index (Phi) is 5.19. The normalized spacial score (nSPS) is 24.5. The summed E-state index contributed by atoms with van der Waals surface area (Å²) in [5.41, 5.74) is 2.00. The number of pyridine rings is 1. The number of nitrogens with zero attached hydrogens (tertiary/aromatic N) is 3. The average molecular weight is 370 g/mol. The highest BCUT2D eigenvalue weighted by molar-refractivity contribution is 5.92. The topological polar surface area (TPSA) is 58.9 Å². The van der Waals surface area contributed by atoms with Gasteiger partial charge in [-0.2, -0.15) is 0 Å². The van der Waals surface area contributed by atoms with Gasteiger partial charge in [0.1, 0.15) is 0 Å². The van der Waals surface area contributed by atoms with Gasteiger partial charge >= 0.3 is 0 Å². The number of hydrogen-bond acceptors (Lipinski definition) is 4. The molecule has 0 aromatic carbocycles. The minimum Gasteiger partial charge on any atom is -0.385 e. The third-order valence-electron chi connectivity index (χ3n) is 6.09. The summed E-state index contributed by atoms with van der Waals surface area (Å²) >= 11 is 0. The quantitative estimate of drug-likeness (QED) is 0.725. The lowest BCUT2D eigenvalue weighted by Crippen LogP contribution is -2.32. The number of methoxy groups -OCH3 is 1. The summed E-state index contributed by atoms with van der Waals surface area (Å²) < 4.78 is 7.05. The number of amides is 1. The van der Waals surface area contributed by atoms with E-state index in [9.17, 15) is 4.79 Å². The Morgan fingerprint density at radius 3 is 2.81 bits per heavy atom. The fraction of sp³-hybridized carbons (Fsp3) is 0.619. The Bertz CT molecular complexity index is 804. The van der Waals surface area contributed by atoms with E-state index in [0.29, 0.717) is 11.7 Å². The van der Waals surface area contributed by atoms with E-state index in [-0.39, 0.29) is 11.8 Å². The van der Waals surface area contributed by atoms with E-state index < -0.39 is 0 Å². The zero-order chi connectivity index (χ0) is 19.0. The number of imidazole rings is 1. The van der Waals surface area contributed by atoms with Gasteiger partial charge in [-0.15, -0.1) is 0 Å². The monoisotopic (exact) mass is 370 g/mol. The number of aromatic nitrogens is 2. The van der Waals surface area contributed by atoms with E-state index in [2.05, 4.69) is 29.0 Å². The molecule has 2 aromatic rings. The minimum atomic E-state index is -0.0648. The van der Waals surface area contributed by atoms with Crippen LogP contribution >= 0.6 is 0 Å². The summed E-state index contributed by atoms with van der Waals surface area (Å²) in [4.78, 5) is 19.9. The number of carbonyl (C=O) groups excluding carboxylic acids is 1. The summed E-state index contributed by atoms with van der Waals surface area (Å²) in [6.45, 7) is 9.28. The van der Waals surface area contributed by atoms with Gasteiger partial charge in [-0.3, -0.25) is 9.20 Å². The van der Waals surface area contributed by atoms with Crippen LogP contribution in [0.3, 0.4) is 0 Å². The van der Waals surface area contributed by atoms with Gasteiger partial charge in [0.05, 0.1) is 11.2 Å². The fourth-order valence-electron chi connectivity index (χ4n) is 4.59. The van der Waals surface area contributed by atoms with E-state index in [4.69, 9.17) is 4.74 Å². The van der Waals surface area contributed by atoms with Gasteiger partial charge in [-0.25, -0.2) is 4.98 Å². The highest BCUT2D eigenvalue weighted by Gasteiger charge is 2.54.